The minimum Gasteiger partial charge on any atom is -0.321 e. The number of benzene rings is 3. The van der Waals surface area contributed by atoms with Crippen LogP contribution in [0, 0.1) is 11.6 Å². The molecule has 0 aliphatic rings. The van der Waals surface area contributed by atoms with E-state index < -0.39 is 23.0 Å². The highest BCUT2D eigenvalue weighted by atomic mass is 35.5. The van der Waals surface area contributed by atoms with E-state index in [9.17, 15) is 18.4 Å². The zero-order chi connectivity index (χ0) is 21.3. The molecule has 0 atom stereocenters. The van der Waals surface area contributed by atoms with Crippen molar-refractivity contribution in [2.75, 3.05) is 0 Å². The minimum absolute atomic E-state index is 0.135. The van der Waals surface area contributed by atoms with E-state index in [4.69, 9.17) is 11.6 Å². The van der Waals surface area contributed by atoms with Crippen molar-refractivity contribution in [3.05, 3.63) is 111 Å². The largest absolute Gasteiger partial charge is 0.321 e. The number of H-pyrrole nitrogens is 1. The van der Waals surface area contributed by atoms with Crippen LogP contribution in [0.5, 0.6) is 0 Å². The Morgan fingerprint density at radius 1 is 0.933 bits per heavy atom. The van der Waals surface area contributed by atoms with Crippen LogP contribution in [0.2, 0.25) is 5.02 Å². The maximum absolute atomic E-state index is 13.9. The average molecular weight is 422 g/mol. The molecule has 0 radical (unpaired) electrons. The Bertz CT molecular complexity index is 1340. The smallest absolute Gasteiger partial charge is 0.260 e. The number of nitrogens with one attached hydrogen (secondary N) is 1. The van der Waals surface area contributed by atoms with Crippen molar-refractivity contribution in [3.63, 3.8) is 0 Å². The number of aromatic nitrogens is 1. The average Bonchev–Trinajstić information content (AvgIpc) is 2.73. The van der Waals surface area contributed by atoms with Crippen LogP contribution in [0.4, 0.5) is 8.78 Å². The third-order valence-corrected chi connectivity index (χ3v) is 4.92. The Morgan fingerprint density at radius 3 is 2.33 bits per heavy atom. The lowest BCUT2D eigenvalue weighted by atomic mass is 9.94. The van der Waals surface area contributed by atoms with E-state index in [-0.39, 0.29) is 11.1 Å². The van der Waals surface area contributed by atoms with Crippen molar-refractivity contribution in [1.82, 2.24) is 4.98 Å². The molecule has 3 nitrogen and oxygen atoms in total. The fourth-order valence-electron chi connectivity index (χ4n) is 3.32. The molecule has 1 N–H and O–H groups in total. The number of hydrogen-bond acceptors (Lipinski definition) is 2. The molecular formula is C24H14ClF2NO2. The highest BCUT2D eigenvalue weighted by Gasteiger charge is 2.19. The number of aromatic amines is 1. The van der Waals surface area contributed by atoms with Crippen molar-refractivity contribution < 1.29 is 13.6 Å². The summed E-state index contributed by atoms with van der Waals surface area (Å²) in [7, 11) is 0. The van der Waals surface area contributed by atoms with Gasteiger partial charge in [-0.25, -0.2) is 8.78 Å². The van der Waals surface area contributed by atoms with Crippen LogP contribution in [-0.4, -0.2) is 10.8 Å². The number of carbonyl (C=O) groups is 1. The third kappa shape index (κ3) is 3.67. The molecule has 0 unspecified atom stereocenters. The molecule has 0 fully saturated rings. The number of ketones is 1. The van der Waals surface area contributed by atoms with Crippen LogP contribution in [0.3, 0.4) is 0 Å². The molecule has 6 heteroatoms. The van der Waals surface area contributed by atoms with Gasteiger partial charge in [-0.15, -0.1) is 0 Å². The van der Waals surface area contributed by atoms with Crippen molar-refractivity contribution >= 4 is 34.4 Å². The number of rotatable bonds is 4. The van der Waals surface area contributed by atoms with Crippen LogP contribution in [0.25, 0.3) is 28.1 Å². The Kier molecular flexibility index (Phi) is 5.29. The predicted molar refractivity (Wildman–Crippen MR) is 115 cm³/mol. The molecular weight excluding hydrogens is 408 g/mol. The lowest BCUT2D eigenvalue weighted by Crippen LogP contribution is -2.18. The first-order valence-electron chi connectivity index (χ1n) is 9.03. The fraction of sp³-hybridized carbons (Fsp3) is 0. The van der Waals surface area contributed by atoms with Gasteiger partial charge in [0.25, 0.3) is 5.56 Å². The van der Waals surface area contributed by atoms with Crippen molar-refractivity contribution in [1.29, 1.82) is 0 Å². The van der Waals surface area contributed by atoms with Gasteiger partial charge >= 0.3 is 0 Å². The SMILES string of the molecule is O=C(/C=C/c1c(F)cccc1F)c1c(-c2ccccc2)c2cc(Cl)ccc2[nH]c1=O. The number of hydrogen-bond donors (Lipinski definition) is 1. The Morgan fingerprint density at radius 2 is 1.63 bits per heavy atom. The molecule has 1 heterocycles. The van der Waals surface area contributed by atoms with E-state index in [0.717, 1.165) is 24.3 Å². The standard InChI is InChI=1S/C24H14ClF2NO2/c25-15-9-11-20-17(13-15)22(14-5-2-1-3-6-14)23(24(30)28-20)21(29)12-10-16-18(26)7-4-8-19(16)27/h1-13H,(H,28,30)/b12-10+. The summed E-state index contributed by atoms with van der Waals surface area (Å²) in [5.74, 6) is -2.29. The van der Waals surface area contributed by atoms with Crippen LogP contribution in [0.15, 0.2) is 77.6 Å². The molecule has 0 aliphatic heterocycles. The molecule has 1 aromatic heterocycles. The maximum atomic E-state index is 13.9. The molecule has 0 spiro atoms. The lowest BCUT2D eigenvalue weighted by molar-refractivity contribution is 0.104. The van der Waals surface area contributed by atoms with Crippen molar-refractivity contribution in [2.24, 2.45) is 0 Å². The predicted octanol–water partition coefficient (Wildman–Crippen LogP) is 6.02. The number of allylic oxidation sites excluding steroid dienone is 1. The van der Waals surface area contributed by atoms with Gasteiger partial charge in [0.05, 0.1) is 5.56 Å². The van der Waals surface area contributed by atoms with Gasteiger partial charge in [0.2, 0.25) is 0 Å². The summed E-state index contributed by atoms with van der Waals surface area (Å²) in [4.78, 5) is 28.5. The Labute approximate surface area is 175 Å². The zero-order valence-corrected chi connectivity index (χ0v) is 16.2. The molecule has 4 aromatic rings. The molecule has 0 bridgehead atoms. The van der Waals surface area contributed by atoms with Crippen molar-refractivity contribution in [3.8, 4) is 11.1 Å². The normalized spacial score (nSPS) is 11.3. The molecule has 148 valence electrons. The number of carbonyl (C=O) groups excluding carboxylic acids is 1. The highest BCUT2D eigenvalue weighted by Crippen LogP contribution is 2.31. The molecule has 0 saturated carbocycles. The van der Waals surface area contributed by atoms with E-state index in [1.165, 1.54) is 6.07 Å². The minimum atomic E-state index is -0.804. The van der Waals surface area contributed by atoms with Crippen LogP contribution in [-0.2, 0) is 0 Å². The van der Waals surface area contributed by atoms with Crippen LogP contribution < -0.4 is 5.56 Å². The Balaban J connectivity index is 1.94. The first-order chi connectivity index (χ1) is 14.5. The summed E-state index contributed by atoms with van der Waals surface area (Å²) in [5.41, 5.74) is 0.470. The summed E-state index contributed by atoms with van der Waals surface area (Å²) in [6, 6.07) is 17.3. The van der Waals surface area contributed by atoms with Crippen LogP contribution in [0.1, 0.15) is 15.9 Å². The fourth-order valence-corrected chi connectivity index (χ4v) is 3.49. The van der Waals surface area contributed by atoms with Gasteiger partial charge in [-0.1, -0.05) is 48.0 Å². The van der Waals surface area contributed by atoms with Gasteiger partial charge in [0.1, 0.15) is 11.6 Å². The summed E-state index contributed by atoms with van der Waals surface area (Å²) < 4.78 is 27.8. The molecule has 3 aromatic carbocycles. The first kappa shape index (κ1) is 19.7. The van der Waals surface area contributed by atoms with E-state index in [1.54, 1.807) is 42.5 Å². The van der Waals surface area contributed by atoms with E-state index in [2.05, 4.69) is 4.98 Å². The van der Waals surface area contributed by atoms with Gasteiger partial charge in [0.15, 0.2) is 5.78 Å². The van der Waals surface area contributed by atoms with Crippen LogP contribution >= 0.6 is 11.6 Å². The second-order valence-electron chi connectivity index (χ2n) is 6.59. The second kappa shape index (κ2) is 8.05. The van der Waals surface area contributed by atoms with E-state index >= 15 is 0 Å². The van der Waals surface area contributed by atoms with E-state index in [1.807, 2.05) is 6.07 Å². The number of pyridine rings is 1. The topological polar surface area (TPSA) is 49.9 Å². The quantitative estimate of drug-likeness (QED) is 0.323. The maximum Gasteiger partial charge on any atom is 0.260 e. The Hall–Kier alpha value is -3.57. The summed E-state index contributed by atoms with van der Waals surface area (Å²) >= 11 is 6.15. The molecule has 4 rings (SSSR count). The van der Waals surface area contributed by atoms with Gasteiger partial charge in [-0.3, -0.25) is 9.59 Å². The highest BCUT2D eigenvalue weighted by molar-refractivity contribution is 6.31. The molecule has 0 amide bonds. The zero-order valence-electron chi connectivity index (χ0n) is 15.5. The van der Waals surface area contributed by atoms with Crippen molar-refractivity contribution in [2.45, 2.75) is 0 Å². The number of halogens is 3. The summed E-state index contributed by atoms with van der Waals surface area (Å²) in [6.45, 7) is 0. The second-order valence-corrected chi connectivity index (χ2v) is 7.03. The first-order valence-corrected chi connectivity index (χ1v) is 9.41. The van der Waals surface area contributed by atoms with E-state index in [0.29, 0.717) is 27.1 Å². The van der Waals surface area contributed by atoms with Gasteiger partial charge in [0, 0.05) is 27.1 Å². The summed E-state index contributed by atoms with van der Waals surface area (Å²) in [5, 5.41) is 1.02. The van der Waals surface area contributed by atoms with Gasteiger partial charge < -0.3 is 4.98 Å². The molecule has 0 aliphatic carbocycles. The van der Waals surface area contributed by atoms with Gasteiger partial charge in [-0.2, -0.15) is 0 Å². The molecule has 30 heavy (non-hydrogen) atoms. The third-order valence-electron chi connectivity index (χ3n) is 4.69. The summed E-state index contributed by atoms with van der Waals surface area (Å²) in [6.07, 6.45) is 2.03. The molecule has 0 saturated heterocycles. The lowest BCUT2D eigenvalue weighted by Gasteiger charge is -2.11. The number of fused-ring (bicyclic) bond motifs is 1. The van der Waals surface area contributed by atoms with Gasteiger partial charge in [-0.05, 0) is 48.0 Å². The monoisotopic (exact) mass is 421 g/mol.